The molecule has 0 unspecified atom stereocenters. The summed E-state index contributed by atoms with van der Waals surface area (Å²) in [6, 6.07) is 16.7. The van der Waals surface area contributed by atoms with Crippen LogP contribution < -0.4 is 4.74 Å². The van der Waals surface area contributed by atoms with Gasteiger partial charge in [-0.25, -0.2) is 0 Å². The molecule has 4 heteroatoms. The van der Waals surface area contributed by atoms with Crippen LogP contribution in [-0.2, 0) is 6.42 Å². The smallest absolute Gasteiger partial charge is 0.226 e. The Kier molecular flexibility index (Phi) is 12.4. The van der Waals surface area contributed by atoms with Gasteiger partial charge in [-0.05, 0) is 36.1 Å². The van der Waals surface area contributed by atoms with Crippen molar-refractivity contribution >= 4 is 0 Å². The summed E-state index contributed by atoms with van der Waals surface area (Å²) < 4.78 is 11.4. The van der Waals surface area contributed by atoms with Gasteiger partial charge in [0.25, 0.3) is 0 Å². The van der Waals surface area contributed by atoms with Crippen LogP contribution in [0.4, 0.5) is 0 Å². The molecule has 0 bridgehead atoms. The number of unbranched alkanes of at least 4 members (excludes halogenated alkanes) is 11. The first-order chi connectivity index (χ1) is 17.3. The summed E-state index contributed by atoms with van der Waals surface area (Å²) in [7, 11) is 0. The Morgan fingerprint density at radius 3 is 1.74 bits per heavy atom. The van der Waals surface area contributed by atoms with E-state index in [1.807, 2.05) is 0 Å². The van der Waals surface area contributed by atoms with Crippen molar-refractivity contribution in [1.82, 2.24) is 10.1 Å². The quantitative estimate of drug-likeness (QED) is 0.172. The fraction of sp³-hybridized carbons (Fsp3) is 0.548. The lowest BCUT2D eigenvalue weighted by Gasteiger charge is -2.07. The molecule has 0 saturated heterocycles. The third-order valence-electron chi connectivity index (χ3n) is 6.56. The van der Waals surface area contributed by atoms with Crippen molar-refractivity contribution in [2.75, 3.05) is 6.61 Å². The fourth-order valence-electron chi connectivity index (χ4n) is 4.33. The molecule has 3 aromatic rings. The van der Waals surface area contributed by atoms with Gasteiger partial charge in [-0.2, -0.15) is 4.98 Å². The second-order valence-corrected chi connectivity index (χ2v) is 9.60. The fourth-order valence-corrected chi connectivity index (χ4v) is 4.33. The Hall–Kier alpha value is -2.62. The zero-order chi connectivity index (χ0) is 24.6. The van der Waals surface area contributed by atoms with E-state index in [-0.39, 0.29) is 0 Å². The predicted octanol–water partition coefficient (Wildman–Crippen LogP) is 9.44. The van der Waals surface area contributed by atoms with Gasteiger partial charge >= 0.3 is 0 Å². The maximum absolute atomic E-state index is 5.86. The van der Waals surface area contributed by atoms with E-state index < -0.39 is 0 Å². The molecule has 190 valence electrons. The van der Waals surface area contributed by atoms with Gasteiger partial charge in [0.15, 0.2) is 0 Å². The number of aryl methyl sites for hydroxylation is 1. The molecule has 0 fully saturated rings. The number of hydrogen-bond acceptors (Lipinski definition) is 4. The molecule has 0 amide bonds. The molecular formula is C31H44N2O2. The van der Waals surface area contributed by atoms with E-state index >= 15 is 0 Å². The summed E-state index contributed by atoms with van der Waals surface area (Å²) >= 11 is 0. The molecule has 0 N–H and O–H groups in total. The number of nitrogens with zero attached hydrogens (tertiary/aromatic N) is 2. The molecule has 2 aromatic carbocycles. The van der Waals surface area contributed by atoms with Crippen LogP contribution in [0.3, 0.4) is 0 Å². The molecule has 0 spiro atoms. The van der Waals surface area contributed by atoms with Crippen LogP contribution in [-0.4, -0.2) is 16.7 Å². The van der Waals surface area contributed by atoms with E-state index in [0.717, 1.165) is 43.1 Å². The lowest BCUT2D eigenvalue weighted by Crippen LogP contribution is -1.96. The molecule has 3 rings (SSSR count). The number of rotatable bonds is 18. The second kappa shape index (κ2) is 16.1. The summed E-state index contributed by atoms with van der Waals surface area (Å²) in [5, 5.41) is 4.20. The number of ether oxygens (including phenoxy) is 1. The Morgan fingerprint density at radius 2 is 1.11 bits per heavy atom. The van der Waals surface area contributed by atoms with Crippen LogP contribution in [0.1, 0.15) is 103 Å². The van der Waals surface area contributed by atoms with Crippen molar-refractivity contribution in [3.8, 4) is 28.3 Å². The number of benzene rings is 2. The van der Waals surface area contributed by atoms with Gasteiger partial charge in [0.1, 0.15) is 5.75 Å². The summed E-state index contributed by atoms with van der Waals surface area (Å²) in [6.07, 6.45) is 17.6. The molecule has 1 heterocycles. The summed E-state index contributed by atoms with van der Waals surface area (Å²) in [6.45, 7) is 5.29. The van der Waals surface area contributed by atoms with E-state index in [0.29, 0.717) is 5.82 Å². The van der Waals surface area contributed by atoms with E-state index in [2.05, 4.69) is 72.5 Å². The van der Waals surface area contributed by atoms with Crippen LogP contribution in [0.25, 0.3) is 22.5 Å². The third kappa shape index (κ3) is 9.87. The van der Waals surface area contributed by atoms with Crippen molar-refractivity contribution in [1.29, 1.82) is 0 Å². The van der Waals surface area contributed by atoms with Crippen LogP contribution in [0.2, 0.25) is 0 Å². The average molecular weight is 477 g/mol. The van der Waals surface area contributed by atoms with Crippen LogP contribution in [0.5, 0.6) is 5.75 Å². The highest BCUT2D eigenvalue weighted by molar-refractivity contribution is 5.68. The highest BCUT2D eigenvalue weighted by Crippen LogP contribution is 2.25. The number of aromatic nitrogens is 2. The van der Waals surface area contributed by atoms with Gasteiger partial charge in [0.05, 0.1) is 6.61 Å². The minimum atomic E-state index is 0.675. The summed E-state index contributed by atoms with van der Waals surface area (Å²) in [5.41, 5.74) is 3.33. The van der Waals surface area contributed by atoms with E-state index in [4.69, 9.17) is 9.26 Å². The van der Waals surface area contributed by atoms with E-state index in [9.17, 15) is 0 Å². The summed E-state index contributed by atoms with van der Waals surface area (Å²) in [4.78, 5) is 4.61. The molecule has 4 nitrogen and oxygen atoms in total. The first-order valence-corrected chi connectivity index (χ1v) is 14.0. The molecule has 0 radical (unpaired) electrons. The lowest BCUT2D eigenvalue weighted by atomic mass is 10.0. The third-order valence-corrected chi connectivity index (χ3v) is 6.56. The van der Waals surface area contributed by atoms with Crippen molar-refractivity contribution in [3.05, 3.63) is 54.4 Å². The molecule has 0 aliphatic heterocycles. The molecule has 1 aromatic heterocycles. The highest BCUT2D eigenvalue weighted by atomic mass is 16.5. The monoisotopic (exact) mass is 476 g/mol. The van der Waals surface area contributed by atoms with Gasteiger partial charge in [-0.1, -0.05) is 126 Å². The van der Waals surface area contributed by atoms with Gasteiger partial charge in [-0.3, -0.25) is 0 Å². The standard InChI is InChI=1S/C31H44N2O2/c1-3-5-7-9-10-11-12-13-14-16-30-32-31(33-35-30)28-19-17-26(18-20-28)27-21-23-29(24-22-27)34-25-15-8-6-4-2/h17-24H,3-16,25H2,1-2H3. The highest BCUT2D eigenvalue weighted by Gasteiger charge is 2.09. The van der Waals surface area contributed by atoms with E-state index in [1.54, 1.807) is 0 Å². The maximum Gasteiger partial charge on any atom is 0.226 e. The van der Waals surface area contributed by atoms with Crippen LogP contribution in [0, 0.1) is 0 Å². The largest absolute Gasteiger partial charge is 0.494 e. The molecule has 0 saturated carbocycles. The first kappa shape index (κ1) is 27.0. The predicted molar refractivity (Wildman–Crippen MR) is 146 cm³/mol. The van der Waals surface area contributed by atoms with Crippen molar-refractivity contribution in [3.63, 3.8) is 0 Å². The van der Waals surface area contributed by atoms with Gasteiger partial charge in [-0.15, -0.1) is 0 Å². The van der Waals surface area contributed by atoms with Gasteiger partial charge < -0.3 is 9.26 Å². The molecule has 35 heavy (non-hydrogen) atoms. The average Bonchev–Trinajstić information content (AvgIpc) is 3.37. The second-order valence-electron chi connectivity index (χ2n) is 9.60. The van der Waals surface area contributed by atoms with Crippen molar-refractivity contribution in [2.24, 2.45) is 0 Å². The maximum atomic E-state index is 5.86. The lowest BCUT2D eigenvalue weighted by molar-refractivity contribution is 0.305. The molecule has 0 aliphatic carbocycles. The zero-order valence-corrected chi connectivity index (χ0v) is 21.9. The van der Waals surface area contributed by atoms with Gasteiger partial charge in [0, 0.05) is 12.0 Å². The normalized spacial score (nSPS) is 11.1. The van der Waals surface area contributed by atoms with Crippen molar-refractivity contribution < 1.29 is 9.26 Å². The van der Waals surface area contributed by atoms with Crippen LogP contribution in [0.15, 0.2) is 53.1 Å². The van der Waals surface area contributed by atoms with Gasteiger partial charge in [0.2, 0.25) is 11.7 Å². The Bertz CT molecular complexity index is 931. The molecular weight excluding hydrogens is 432 g/mol. The summed E-state index contributed by atoms with van der Waals surface area (Å²) in [5.74, 6) is 2.36. The Morgan fingerprint density at radius 1 is 0.600 bits per heavy atom. The number of hydrogen-bond donors (Lipinski definition) is 0. The first-order valence-electron chi connectivity index (χ1n) is 14.0. The SMILES string of the molecule is CCCCCCCCCCCc1nc(-c2ccc(-c3ccc(OCCCCCC)cc3)cc2)no1. The minimum absolute atomic E-state index is 0.675. The topological polar surface area (TPSA) is 48.2 Å². The Labute approximate surface area is 212 Å². The Balaban J connectivity index is 1.40. The van der Waals surface area contributed by atoms with E-state index in [1.165, 1.54) is 81.8 Å². The van der Waals surface area contributed by atoms with Crippen molar-refractivity contribution in [2.45, 2.75) is 104 Å². The van der Waals surface area contributed by atoms with Crippen LogP contribution >= 0.6 is 0 Å². The minimum Gasteiger partial charge on any atom is -0.494 e. The molecule has 0 atom stereocenters. The zero-order valence-electron chi connectivity index (χ0n) is 21.9. The molecule has 0 aliphatic rings.